The van der Waals surface area contributed by atoms with Crippen molar-refractivity contribution in [2.24, 2.45) is 7.05 Å². The van der Waals surface area contributed by atoms with Crippen molar-refractivity contribution < 1.29 is 5.11 Å². The first-order valence-electron chi connectivity index (χ1n) is 10.5. The van der Waals surface area contributed by atoms with Crippen LogP contribution in [0.1, 0.15) is 75.4 Å². The molecule has 0 radical (unpaired) electrons. The van der Waals surface area contributed by atoms with E-state index in [0.29, 0.717) is 5.92 Å². The molecule has 3 heterocycles. The zero-order valence-corrected chi connectivity index (χ0v) is 18.1. The molecule has 0 unspecified atom stereocenters. The van der Waals surface area contributed by atoms with Gasteiger partial charge >= 0.3 is 0 Å². The highest BCUT2D eigenvalue weighted by molar-refractivity contribution is 5.85. The average Bonchev–Trinajstić information content (AvgIpc) is 3.03. The number of rotatable bonds is 7. The molecule has 150 valence electrons. The van der Waals surface area contributed by atoms with Crippen LogP contribution in [0.5, 0.6) is 0 Å². The molecule has 0 aromatic carbocycles. The molecule has 28 heavy (non-hydrogen) atoms. The minimum absolute atomic E-state index is 0.152. The predicted octanol–water partition coefficient (Wildman–Crippen LogP) is 5.37. The SMILES string of the molecule is CCc1cc2c([C@H](CC)CO)cn(C)c2nc1-c1ccc(C(C)C)nc1CC. The van der Waals surface area contributed by atoms with E-state index in [2.05, 4.69) is 63.6 Å². The van der Waals surface area contributed by atoms with Gasteiger partial charge in [0, 0.05) is 48.1 Å². The predicted molar refractivity (Wildman–Crippen MR) is 117 cm³/mol. The Balaban J connectivity index is 2.24. The number of hydrogen-bond acceptors (Lipinski definition) is 3. The largest absolute Gasteiger partial charge is 0.396 e. The van der Waals surface area contributed by atoms with Gasteiger partial charge in [0.1, 0.15) is 5.65 Å². The van der Waals surface area contributed by atoms with Crippen molar-refractivity contribution in [2.75, 3.05) is 6.61 Å². The lowest BCUT2D eigenvalue weighted by Crippen LogP contribution is -2.04. The van der Waals surface area contributed by atoms with Gasteiger partial charge in [-0.25, -0.2) is 4.98 Å². The Bertz CT molecular complexity index is 968. The Labute approximate surface area is 168 Å². The number of aliphatic hydroxyl groups is 1. The van der Waals surface area contributed by atoms with Gasteiger partial charge in [-0.3, -0.25) is 4.98 Å². The van der Waals surface area contributed by atoms with Gasteiger partial charge in [-0.1, -0.05) is 34.6 Å². The van der Waals surface area contributed by atoms with E-state index in [4.69, 9.17) is 9.97 Å². The van der Waals surface area contributed by atoms with Gasteiger partial charge in [-0.05, 0) is 54.5 Å². The number of hydrogen-bond donors (Lipinski definition) is 1. The number of aromatic nitrogens is 3. The number of aryl methyl sites for hydroxylation is 3. The number of nitrogens with zero attached hydrogens (tertiary/aromatic N) is 3. The van der Waals surface area contributed by atoms with Gasteiger partial charge < -0.3 is 9.67 Å². The summed E-state index contributed by atoms with van der Waals surface area (Å²) < 4.78 is 2.09. The standard InChI is InChI=1S/C24H33N3O/c1-7-16-12-19-20(17(8-2)14-28)13-27(6)24(19)26-23(16)18-10-11-22(15(4)5)25-21(18)9-3/h10-13,15,17,28H,7-9,14H2,1-6H3/t17-/m1/s1. The summed E-state index contributed by atoms with van der Waals surface area (Å²) in [6, 6.07) is 6.61. The summed E-state index contributed by atoms with van der Waals surface area (Å²) in [5.74, 6) is 0.569. The molecule has 1 N–H and O–H groups in total. The summed E-state index contributed by atoms with van der Waals surface area (Å²) >= 11 is 0. The first-order valence-corrected chi connectivity index (χ1v) is 10.5. The lowest BCUT2D eigenvalue weighted by atomic mass is 9.94. The van der Waals surface area contributed by atoms with Crippen LogP contribution in [-0.2, 0) is 19.9 Å². The van der Waals surface area contributed by atoms with Crippen LogP contribution in [0.25, 0.3) is 22.3 Å². The molecule has 0 aliphatic heterocycles. The zero-order chi connectivity index (χ0) is 20.4. The minimum Gasteiger partial charge on any atom is -0.396 e. The summed E-state index contributed by atoms with van der Waals surface area (Å²) in [4.78, 5) is 10.0. The first kappa shape index (κ1) is 20.5. The molecular formula is C24H33N3O. The van der Waals surface area contributed by atoms with Crippen LogP contribution in [0.4, 0.5) is 0 Å². The van der Waals surface area contributed by atoms with Gasteiger partial charge in [0.25, 0.3) is 0 Å². The van der Waals surface area contributed by atoms with E-state index in [1.807, 2.05) is 7.05 Å². The molecule has 0 fully saturated rings. The molecule has 4 heteroatoms. The molecule has 3 aromatic rings. The Kier molecular flexibility index (Phi) is 6.19. The van der Waals surface area contributed by atoms with E-state index < -0.39 is 0 Å². The van der Waals surface area contributed by atoms with Crippen molar-refractivity contribution in [3.63, 3.8) is 0 Å². The summed E-state index contributed by atoms with van der Waals surface area (Å²) in [6.45, 7) is 11.0. The molecule has 0 spiro atoms. The second-order valence-electron chi connectivity index (χ2n) is 7.94. The van der Waals surface area contributed by atoms with Crippen LogP contribution in [-0.4, -0.2) is 26.2 Å². The van der Waals surface area contributed by atoms with Crippen molar-refractivity contribution in [3.8, 4) is 11.3 Å². The maximum Gasteiger partial charge on any atom is 0.140 e. The number of fused-ring (bicyclic) bond motifs is 1. The normalized spacial score (nSPS) is 12.9. The monoisotopic (exact) mass is 379 g/mol. The van der Waals surface area contributed by atoms with Gasteiger partial charge in [-0.2, -0.15) is 0 Å². The van der Waals surface area contributed by atoms with Crippen molar-refractivity contribution in [2.45, 2.75) is 65.7 Å². The summed E-state index contributed by atoms with van der Waals surface area (Å²) in [5.41, 5.74) is 7.84. The van der Waals surface area contributed by atoms with Crippen LogP contribution in [0.2, 0.25) is 0 Å². The maximum atomic E-state index is 9.81. The molecule has 0 saturated carbocycles. The maximum absolute atomic E-state index is 9.81. The fraction of sp³-hybridized carbons (Fsp3) is 0.500. The third-order valence-electron chi connectivity index (χ3n) is 5.77. The van der Waals surface area contributed by atoms with Crippen LogP contribution in [0.15, 0.2) is 24.4 Å². The smallest absolute Gasteiger partial charge is 0.140 e. The van der Waals surface area contributed by atoms with Crippen molar-refractivity contribution in [3.05, 3.63) is 46.9 Å². The summed E-state index contributed by atoms with van der Waals surface area (Å²) in [7, 11) is 2.04. The second-order valence-corrected chi connectivity index (χ2v) is 7.94. The quantitative estimate of drug-likeness (QED) is 0.600. The van der Waals surface area contributed by atoms with Crippen molar-refractivity contribution in [1.82, 2.24) is 14.5 Å². The topological polar surface area (TPSA) is 50.9 Å². The Morgan fingerprint density at radius 2 is 1.82 bits per heavy atom. The third-order valence-corrected chi connectivity index (χ3v) is 5.77. The Morgan fingerprint density at radius 3 is 2.39 bits per heavy atom. The molecule has 0 amide bonds. The summed E-state index contributed by atoms with van der Waals surface area (Å²) in [6.07, 6.45) is 4.85. The molecular weight excluding hydrogens is 346 g/mol. The summed E-state index contributed by atoms with van der Waals surface area (Å²) in [5, 5.41) is 11.0. The highest BCUT2D eigenvalue weighted by Gasteiger charge is 2.20. The number of pyridine rings is 2. The molecule has 4 nitrogen and oxygen atoms in total. The van der Waals surface area contributed by atoms with Gasteiger partial charge in [-0.15, -0.1) is 0 Å². The third kappa shape index (κ3) is 3.58. The molecule has 0 aliphatic carbocycles. The molecule has 0 aliphatic rings. The van der Waals surface area contributed by atoms with E-state index >= 15 is 0 Å². The average molecular weight is 380 g/mol. The van der Waals surface area contributed by atoms with Crippen LogP contribution >= 0.6 is 0 Å². The fourth-order valence-corrected chi connectivity index (χ4v) is 3.97. The molecule has 3 aromatic heterocycles. The molecule has 0 bridgehead atoms. The lowest BCUT2D eigenvalue weighted by Gasteiger charge is -2.15. The van der Waals surface area contributed by atoms with E-state index in [1.54, 1.807) is 0 Å². The highest BCUT2D eigenvalue weighted by atomic mass is 16.3. The zero-order valence-electron chi connectivity index (χ0n) is 18.1. The van der Waals surface area contributed by atoms with Crippen LogP contribution in [0.3, 0.4) is 0 Å². The van der Waals surface area contributed by atoms with Gasteiger partial charge in [0.15, 0.2) is 0 Å². The minimum atomic E-state index is 0.152. The fourth-order valence-electron chi connectivity index (χ4n) is 3.97. The van der Waals surface area contributed by atoms with Crippen molar-refractivity contribution in [1.29, 1.82) is 0 Å². The van der Waals surface area contributed by atoms with Gasteiger partial charge in [0.2, 0.25) is 0 Å². The molecule has 3 rings (SSSR count). The second kappa shape index (κ2) is 8.44. The van der Waals surface area contributed by atoms with Crippen LogP contribution in [0, 0.1) is 0 Å². The Morgan fingerprint density at radius 1 is 1.07 bits per heavy atom. The Hall–Kier alpha value is -2.20. The first-order chi connectivity index (χ1) is 13.4. The van der Waals surface area contributed by atoms with Crippen molar-refractivity contribution >= 4 is 11.0 Å². The van der Waals surface area contributed by atoms with Gasteiger partial charge in [0.05, 0.1) is 5.69 Å². The number of aliphatic hydroxyl groups excluding tert-OH is 1. The molecule has 0 saturated heterocycles. The highest BCUT2D eigenvalue weighted by Crippen LogP contribution is 2.34. The van der Waals surface area contributed by atoms with E-state index in [9.17, 15) is 5.11 Å². The molecule has 1 atom stereocenters. The van der Waals surface area contributed by atoms with E-state index in [-0.39, 0.29) is 12.5 Å². The van der Waals surface area contributed by atoms with E-state index in [0.717, 1.165) is 52.9 Å². The lowest BCUT2D eigenvalue weighted by molar-refractivity contribution is 0.263. The van der Waals surface area contributed by atoms with Crippen LogP contribution < -0.4 is 0 Å². The van der Waals surface area contributed by atoms with E-state index in [1.165, 1.54) is 11.1 Å².